The Morgan fingerprint density at radius 1 is 1.11 bits per heavy atom. The third-order valence-corrected chi connectivity index (χ3v) is 2.82. The van der Waals surface area contributed by atoms with Crippen molar-refractivity contribution < 1.29 is 4.39 Å². The van der Waals surface area contributed by atoms with Crippen molar-refractivity contribution in [2.24, 2.45) is 5.73 Å². The highest BCUT2D eigenvalue weighted by molar-refractivity contribution is 5.64. The normalized spacial score (nSPS) is 10.4. The number of hydrogen-bond donors (Lipinski definition) is 2. The Bertz CT molecular complexity index is 544. The number of anilines is 2. The van der Waals surface area contributed by atoms with Crippen molar-refractivity contribution in [3.05, 3.63) is 58.9 Å². The maximum absolute atomic E-state index is 13.6. The summed E-state index contributed by atoms with van der Waals surface area (Å²) in [7, 11) is 0. The molecule has 0 fully saturated rings. The van der Waals surface area contributed by atoms with Gasteiger partial charge in [-0.2, -0.15) is 0 Å². The third kappa shape index (κ3) is 2.68. The van der Waals surface area contributed by atoms with Gasteiger partial charge in [-0.1, -0.05) is 12.1 Å². The van der Waals surface area contributed by atoms with E-state index in [2.05, 4.69) is 11.4 Å². The van der Waals surface area contributed by atoms with Crippen LogP contribution in [0.1, 0.15) is 16.7 Å². The van der Waals surface area contributed by atoms with Crippen LogP contribution in [0, 0.1) is 19.7 Å². The van der Waals surface area contributed by atoms with Crippen LogP contribution in [-0.2, 0) is 6.54 Å². The fourth-order valence-electron chi connectivity index (χ4n) is 2.09. The predicted molar refractivity (Wildman–Crippen MR) is 73.5 cm³/mol. The van der Waals surface area contributed by atoms with Crippen molar-refractivity contribution in [3.8, 4) is 0 Å². The van der Waals surface area contributed by atoms with Crippen LogP contribution in [0.2, 0.25) is 0 Å². The van der Waals surface area contributed by atoms with Gasteiger partial charge in [-0.05, 0) is 49.2 Å². The lowest BCUT2D eigenvalue weighted by atomic mass is 10.1. The summed E-state index contributed by atoms with van der Waals surface area (Å²) in [4.78, 5) is 0. The van der Waals surface area contributed by atoms with Crippen molar-refractivity contribution in [3.63, 3.8) is 0 Å². The van der Waals surface area contributed by atoms with Gasteiger partial charge in [-0.3, -0.25) is 0 Å². The first-order valence-electron chi connectivity index (χ1n) is 5.93. The fourth-order valence-corrected chi connectivity index (χ4v) is 2.09. The topological polar surface area (TPSA) is 38.0 Å². The van der Waals surface area contributed by atoms with Crippen LogP contribution in [0.3, 0.4) is 0 Å². The molecule has 0 saturated heterocycles. The molecule has 2 aromatic rings. The number of hydrogen-bond acceptors (Lipinski definition) is 2. The van der Waals surface area contributed by atoms with Gasteiger partial charge in [0.05, 0.1) is 0 Å². The Hall–Kier alpha value is -1.87. The maximum atomic E-state index is 13.6. The second-order valence-corrected chi connectivity index (χ2v) is 4.47. The van der Waals surface area contributed by atoms with Crippen molar-refractivity contribution >= 4 is 11.4 Å². The first-order chi connectivity index (χ1) is 8.60. The highest BCUT2D eigenvalue weighted by atomic mass is 19.1. The molecule has 2 rings (SSSR count). The molecule has 3 N–H and O–H groups in total. The predicted octanol–water partition coefficient (Wildman–Crippen LogP) is 3.64. The van der Waals surface area contributed by atoms with Crippen LogP contribution < -0.4 is 11.1 Å². The lowest BCUT2D eigenvalue weighted by molar-refractivity contribution is 0.611. The van der Waals surface area contributed by atoms with Gasteiger partial charge in [-0.15, -0.1) is 0 Å². The SMILES string of the molecule is Cc1cc(C)cc(Nc2cccc(F)c2CN)c1. The Morgan fingerprint density at radius 3 is 2.39 bits per heavy atom. The molecule has 18 heavy (non-hydrogen) atoms. The van der Waals surface area contributed by atoms with Gasteiger partial charge in [0, 0.05) is 23.5 Å². The maximum Gasteiger partial charge on any atom is 0.129 e. The summed E-state index contributed by atoms with van der Waals surface area (Å²) in [5, 5.41) is 3.23. The van der Waals surface area contributed by atoms with Crippen LogP contribution in [0.5, 0.6) is 0 Å². The molecule has 0 heterocycles. The minimum Gasteiger partial charge on any atom is -0.355 e. The van der Waals surface area contributed by atoms with E-state index in [1.54, 1.807) is 6.07 Å². The number of nitrogens with two attached hydrogens (primary N) is 1. The number of aryl methyl sites for hydroxylation is 2. The van der Waals surface area contributed by atoms with Gasteiger partial charge in [0.15, 0.2) is 0 Å². The lowest BCUT2D eigenvalue weighted by Gasteiger charge is -2.12. The second kappa shape index (κ2) is 5.19. The summed E-state index contributed by atoms with van der Waals surface area (Å²) in [5.74, 6) is -0.271. The quantitative estimate of drug-likeness (QED) is 0.865. The average molecular weight is 244 g/mol. The molecule has 94 valence electrons. The Balaban J connectivity index is 2.36. The number of benzene rings is 2. The van der Waals surface area contributed by atoms with Gasteiger partial charge in [-0.25, -0.2) is 4.39 Å². The van der Waals surface area contributed by atoms with Crippen LogP contribution >= 0.6 is 0 Å². The zero-order chi connectivity index (χ0) is 13.1. The summed E-state index contributed by atoms with van der Waals surface area (Å²) in [6.07, 6.45) is 0. The molecule has 0 aliphatic rings. The smallest absolute Gasteiger partial charge is 0.129 e. The Labute approximate surface area is 107 Å². The van der Waals surface area contributed by atoms with Crippen molar-refractivity contribution in [1.29, 1.82) is 0 Å². The molecular weight excluding hydrogens is 227 g/mol. The number of nitrogens with one attached hydrogen (secondary N) is 1. The standard InChI is InChI=1S/C15H17FN2/c1-10-6-11(2)8-12(7-10)18-15-5-3-4-14(16)13(15)9-17/h3-8,18H,9,17H2,1-2H3. The zero-order valence-electron chi connectivity index (χ0n) is 10.6. The van der Waals surface area contributed by atoms with E-state index in [0.717, 1.165) is 11.4 Å². The highest BCUT2D eigenvalue weighted by Crippen LogP contribution is 2.24. The molecule has 0 aliphatic heterocycles. The van der Waals surface area contributed by atoms with E-state index in [9.17, 15) is 4.39 Å². The van der Waals surface area contributed by atoms with Gasteiger partial charge < -0.3 is 11.1 Å². The van der Waals surface area contributed by atoms with E-state index >= 15 is 0 Å². The van der Waals surface area contributed by atoms with Crippen LogP contribution in [0.25, 0.3) is 0 Å². The van der Waals surface area contributed by atoms with Gasteiger partial charge in [0.25, 0.3) is 0 Å². The average Bonchev–Trinajstić information content (AvgIpc) is 2.27. The first kappa shape index (κ1) is 12.6. The molecule has 0 aromatic heterocycles. The molecular formula is C15H17FN2. The Kier molecular flexibility index (Phi) is 3.63. The molecule has 0 spiro atoms. The zero-order valence-corrected chi connectivity index (χ0v) is 10.6. The summed E-state index contributed by atoms with van der Waals surface area (Å²) in [6, 6.07) is 11.1. The summed E-state index contributed by atoms with van der Waals surface area (Å²) in [5.41, 5.74) is 10.1. The minimum atomic E-state index is -0.271. The third-order valence-electron chi connectivity index (χ3n) is 2.82. The first-order valence-corrected chi connectivity index (χ1v) is 5.93. The van der Waals surface area contributed by atoms with Gasteiger partial charge in [0.1, 0.15) is 5.82 Å². The molecule has 2 nitrogen and oxygen atoms in total. The summed E-state index contributed by atoms with van der Waals surface area (Å²) >= 11 is 0. The van der Waals surface area contributed by atoms with Crippen LogP contribution in [-0.4, -0.2) is 0 Å². The molecule has 2 aromatic carbocycles. The molecule has 0 atom stereocenters. The molecule has 0 aliphatic carbocycles. The van der Waals surface area contributed by atoms with E-state index in [1.165, 1.54) is 17.2 Å². The monoisotopic (exact) mass is 244 g/mol. The van der Waals surface area contributed by atoms with E-state index in [1.807, 2.05) is 32.0 Å². The van der Waals surface area contributed by atoms with Crippen molar-refractivity contribution in [2.45, 2.75) is 20.4 Å². The molecule has 0 bridgehead atoms. The van der Waals surface area contributed by atoms with Crippen LogP contribution in [0.4, 0.5) is 15.8 Å². The largest absolute Gasteiger partial charge is 0.355 e. The van der Waals surface area contributed by atoms with Crippen molar-refractivity contribution in [1.82, 2.24) is 0 Å². The van der Waals surface area contributed by atoms with E-state index in [4.69, 9.17) is 5.73 Å². The van der Waals surface area contributed by atoms with Gasteiger partial charge in [0.2, 0.25) is 0 Å². The van der Waals surface area contributed by atoms with Gasteiger partial charge >= 0.3 is 0 Å². The Morgan fingerprint density at radius 2 is 1.78 bits per heavy atom. The molecule has 0 amide bonds. The molecule has 3 heteroatoms. The molecule has 0 saturated carbocycles. The van der Waals surface area contributed by atoms with E-state index < -0.39 is 0 Å². The highest BCUT2D eigenvalue weighted by Gasteiger charge is 2.07. The second-order valence-electron chi connectivity index (χ2n) is 4.47. The summed E-state index contributed by atoms with van der Waals surface area (Å²) < 4.78 is 13.6. The molecule has 0 radical (unpaired) electrons. The molecule has 0 unspecified atom stereocenters. The summed E-state index contributed by atoms with van der Waals surface area (Å²) in [6.45, 7) is 4.25. The lowest BCUT2D eigenvalue weighted by Crippen LogP contribution is -2.04. The van der Waals surface area contributed by atoms with E-state index in [-0.39, 0.29) is 12.4 Å². The minimum absolute atomic E-state index is 0.180. The van der Waals surface area contributed by atoms with Crippen LogP contribution in [0.15, 0.2) is 36.4 Å². The fraction of sp³-hybridized carbons (Fsp3) is 0.200. The number of halogens is 1. The van der Waals surface area contributed by atoms with Crippen molar-refractivity contribution in [2.75, 3.05) is 5.32 Å². The number of rotatable bonds is 3. The van der Waals surface area contributed by atoms with E-state index in [0.29, 0.717) is 5.56 Å².